The van der Waals surface area contributed by atoms with Crippen molar-refractivity contribution in [3.05, 3.63) is 39.9 Å². The number of hydrogen-bond acceptors (Lipinski definition) is 3. The van der Waals surface area contributed by atoms with Crippen LogP contribution >= 0.6 is 15.9 Å². The molecule has 1 N–H and O–H groups in total. The molecule has 7 heteroatoms. The molecular weight excluding hydrogens is 305 g/mol. The smallest absolute Gasteiger partial charge is 0.309 e. The van der Waals surface area contributed by atoms with Gasteiger partial charge in [-0.15, -0.1) is 5.10 Å². The fourth-order valence-corrected chi connectivity index (χ4v) is 1.78. The van der Waals surface area contributed by atoms with Crippen molar-refractivity contribution in [3.63, 3.8) is 0 Å². The molecule has 0 fully saturated rings. The highest BCUT2D eigenvalue weighted by Gasteiger charge is 2.13. The summed E-state index contributed by atoms with van der Waals surface area (Å²) in [6, 6.07) is 4.53. The predicted molar refractivity (Wildman–Crippen MR) is 65.1 cm³/mol. The van der Waals surface area contributed by atoms with Crippen LogP contribution in [0.2, 0.25) is 0 Å². The first-order valence-electron chi connectivity index (χ1n) is 5.07. The number of carbonyl (C=O) groups is 1. The summed E-state index contributed by atoms with van der Waals surface area (Å²) < 4.78 is 15.2. The number of nitrogens with zero attached hydrogens (tertiary/aromatic N) is 3. The van der Waals surface area contributed by atoms with Crippen molar-refractivity contribution in [1.82, 2.24) is 15.0 Å². The van der Waals surface area contributed by atoms with E-state index in [1.54, 1.807) is 19.1 Å². The van der Waals surface area contributed by atoms with Gasteiger partial charge in [-0.05, 0) is 35.0 Å². The van der Waals surface area contributed by atoms with E-state index < -0.39 is 11.8 Å². The molecule has 0 aliphatic carbocycles. The number of aromatic nitrogens is 3. The summed E-state index contributed by atoms with van der Waals surface area (Å²) in [7, 11) is 0. The molecule has 1 aromatic heterocycles. The lowest BCUT2D eigenvalue weighted by atomic mass is 10.2. The maximum atomic E-state index is 13.4. The van der Waals surface area contributed by atoms with E-state index in [-0.39, 0.29) is 6.42 Å². The van der Waals surface area contributed by atoms with Crippen LogP contribution < -0.4 is 0 Å². The quantitative estimate of drug-likeness (QED) is 0.942. The molecule has 0 amide bonds. The Morgan fingerprint density at radius 3 is 2.89 bits per heavy atom. The molecule has 0 bridgehead atoms. The van der Waals surface area contributed by atoms with Gasteiger partial charge in [0, 0.05) is 6.07 Å². The van der Waals surface area contributed by atoms with Crippen molar-refractivity contribution < 1.29 is 14.3 Å². The van der Waals surface area contributed by atoms with Crippen molar-refractivity contribution in [3.8, 4) is 5.69 Å². The van der Waals surface area contributed by atoms with Gasteiger partial charge >= 0.3 is 5.97 Å². The third-order valence-corrected chi connectivity index (χ3v) is 3.10. The van der Waals surface area contributed by atoms with Crippen LogP contribution in [0.25, 0.3) is 5.69 Å². The first-order valence-corrected chi connectivity index (χ1v) is 5.86. The molecule has 0 saturated heterocycles. The van der Waals surface area contributed by atoms with Crippen LogP contribution in [0.4, 0.5) is 4.39 Å². The fraction of sp³-hybridized carbons (Fsp3) is 0.182. The number of rotatable bonds is 3. The predicted octanol–water partition coefficient (Wildman–Crippen LogP) is 2.10. The van der Waals surface area contributed by atoms with Gasteiger partial charge in [0.05, 0.1) is 28.0 Å². The van der Waals surface area contributed by atoms with Gasteiger partial charge in [0.15, 0.2) is 0 Å². The minimum absolute atomic E-state index is 0.204. The highest BCUT2D eigenvalue weighted by atomic mass is 79.9. The summed E-state index contributed by atoms with van der Waals surface area (Å²) in [5.74, 6) is -1.39. The number of carboxylic acids is 1. The van der Waals surface area contributed by atoms with E-state index in [1.807, 2.05) is 0 Å². The van der Waals surface area contributed by atoms with E-state index in [0.717, 1.165) is 0 Å². The number of hydrogen-bond donors (Lipinski definition) is 1. The first-order chi connectivity index (χ1) is 8.49. The second-order valence-corrected chi connectivity index (χ2v) is 4.56. The molecule has 2 aromatic rings. The Morgan fingerprint density at radius 1 is 1.56 bits per heavy atom. The Bertz CT molecular complexity index is 612. The molecule has 1 aromatic carbocycles. The summed E-state index contributed by atoms with van der Waals surface area (Å²) in [6.07, 6.45) is -0.204. The summed E-state index contributed by atoms with van der Waals surface area (Å²) in [5.41, 5.74) is 1.45. The lowest BCUT2D eigenvalue weighted by Crippen LogP contribution is -2.03. The average molecular weight is 314 g/mol. The number of halogens is 2. The Hall–Kier alpha value is -1.76. The molecule has 0 radical (unpaired) electrons. The van der Waals surface area contributed by atoms with E-state index in [2.05, 4.69) is 26.2 Å². The minimum atomic E-state index is -0.980. The van der Waals surface area contributed by atoms with Crippen LogP contribution in [0.15, 0.2) is 22.7 Å². The monoisotopic (exact) mass is 313 g/mol. The lowest BCUT2D eigenvalue weighted by molar-refractivity contribution is -0.136. The number of benzene rings is 1. The topological polar surface area (TPSA) is 68.0 Å². The molecule has 0 spiro atoms. The second kappa shape index (κ2) is 4.85. The summed E-state index contributed by atoms with van der Waals surface area (Å²) >= 11 is 3.06. The standard InChI is InChI=1S/C11H9BrFN3O2/c1-6-10(5-11(17)18)14-15-16(6)7-2-3-8(12)9(13)4-7/h2-4H,5H2,1H3,(H,17,18). The normalized spacial score (nSPS) is 10.6. The highest BCUT2D eigenvalue weighted by Crippen LogP contribution is 2.20. The van der Waals surface area contributed by atoms with Crippen molar-refractivity contribution in [2.45, 2.75) is 13.3 Å². The fourth-order valence-electron chi connectivity index (χ4n) is 1.53. The van der Waals surface area contributed by atoms with Gasteiger partial charge in [-0.1, -0.05) is 5.21 Å². The third-order valence-electron chi connectivity index (χ3n) is 2.46. The lowest BCUT2D eigenvalue weighted by Gasteiger charge is -2.04. The largest absolute Gasteiger partial charge is 0.481 e. The molecule has 2 rings (SSSR count). The van der Waals surface area contributed by atoms with Crippen LogP contribution in [-0.2, 0) is 11.2 Å². The van der Waals surface area contributed by atoms with E-state index in [4.69, 9.17) is 5.11 Å². The van der Waals surface area contributed by atoms with E-state index in [0.29, 0.717) is 21.5 Å². The maximum Gasteiger partial charge on any atom is 0.309 e. The Balaban J connectivity index is 2.42. The van der Waals surface area contributed by atoms with Crippen molar-refractivity contribution in [2.75, 3.05) is 0 Å². The van der Waals surface area contributed by atoms with Crippen molar-refractivity contribution in [1.29, 1.82) is 0 Å². The van der Waals surface area contributed by atoms with E-state index >= 15 is 0 Å². The summed E-state index contributed by atoms with van der Waals surface area (Å²) in [5, 5.41) is 16.3. The molecule has 5 nitrogen and oxygen atoms in total. The van der Waals surface area contributed by atoms with Crippen LogP contribution in [0.1, 0.15) is 11.4 Å². The van der Waals surface area contributed by atoms with Gasteiger partial charge in [0.1, 0.15) is 5.82 Å². The Morgan fingerprint density at radius 2 is 2.28 bits per heavy atom. The van der Waals surface area contributed by atoms with Gasteiger partial charge in [-0.25, -0.2) is 9.07 Å². The molecular formula is C11H9BrFN3O2. The average Bonchev–Trinajstić information content (AvgIpc) is 2.64. The maximum absolute atomic E-state index is 13.4. The Labute approximate surface area is 110 Å². The zero-order valence-electron chi connectivity index (χ0n) is 9.39. The van der Waals surface area contributed by atoms with Crippen LogP contribution in [0, 0.1) is 12.7 Å². The first kappa shape index (κ1) is 12.7. The molecule has 0 saturated carbocycles. The molecule has 94 valence electrons. The Kier molecular flexibility index (Phi) is 3.42. The minimum Gasteiger partial charge on any atom is -0.481 e. The molecule has 0 unspecified atom stereocenters. The molecule has 18 heavy (non-hydrogen) atoms. The molecule has 0 aliphatic heterocycles. The molecule has 0 atom stereocenters. The number of carboxylic acid groups (broad SMARTS) is 1. The van der Waals surface area contributed by atoms with Crippen molar-refractivity contribution >= 4 is 21.9 Å². The van der Waals surface area contributed by atoms with Gasteiger partial charge in [0.2, 0.25) is 0 Å². The van der Waals surface area contributed by atoms with Crippen LogP contribution in [0.5, 0.6) is 0 Å². The molecule has 0 aliphatic rings. The zero-order valence-corrected chi connectivity index (χ0v) is 11.0. The SMILES string of the molecule is Cc1c(CC(=O)O)nnn1-c1ccc(Br)c(F)c1. The van der Waals surface area contributed by atoms with Gasteiger partial charge in [-0.3, -0.25) is 4.79 Å². The molecule has 1 heterocycles. The van der Waals surface area contributed by atoms with Crippen LogP contribution in [0.3, 0.4) is 0 Å². The second-order valence-electron chi connectivity index (χ2n) is 3.70. The summed E-state index contributed by atoms with van der Waals surface area (Å²) in [6.45, 7) is 1.69. The zero-order chi connectivity index (χ0) is 13.3. The van der Waals surface area contributed by atoms with Gasteiger partial charge < -0.3 is 5.11 Å². The van der Waals surface area contributed by atoms with Gasteiger partial charge in [-0.2, -0.15) is 0 Å². The number of aliphatic carboxylic acids is 1. The third kappa shape index (κ3) is 2.40. The van der Waals surface area contributed by atoms with E-state index in [1.165, 1.54) is 10.7 Å². The van der Waals surface area contributed by atoms with Gasteiger partial charge in [0.25, 0.3) is 0 Å². The van der Waals surface area contributed by atoms with E-state index in [9.17, 15) is 9.18 Å². The van der Waals surface area contributed by atoms with Crippen molar-refractivity contribution in [2.24, 2.45) is 0 Å². The highest BCUT2D eigenvalue weighted by molar-refractivity contribution is 9.10. The summed E-state index contributed by atoms with van der Waals surface area (Å²) in [4.78, 5) is 10.6. The van der Waals surface area contributed by atoms with Crippen LogP contribution in [-0.4, -0.2) is 26.1 Å².